The average Bonchev–Trinajstić information content (AvgIpc) is 3.05. The Labute approximate surface area is 136 Å². The highest BCUT2D eigenvalue weighted by Crippen LogP contribution is 2.27. The van der Waals surface area contributed by atoms with Gasteiger partial charge >= 0.3 is 0 Å². The van der Waals surface area contributed by atoms with E-state index in [4.69, 9.17) is 0 Å². The predicted molar refractivity (Wildman–Crippen MR) is 86.6 cm³/mol. The van der Waals surface area contributed by atoms with Crippen molar-refractivity contribution >= 4 is 36.0 Å². The summed E-state index contributed by atoms with van der Waals surface area (Å²) in [5.74, 6) is 1.51. The molecule has 21 heavy (non-hydrogen) atoms. The van der Waals surface area contributed by atoms with Crippen LogP contribution in [0.4, 0.5) is 0 Å². The summed E-state index contributed by atoms with van der Waals surface area (Å²) < 4.78 is 0. The summed E-state index contributed by atoms with van der Waals surface area (Å²) in [7, 11) is 0. The highest BCUT2D eigenvalue weighted by molar-refractivity contribution is 7.99. The Morgan fingerprint density at radius 3 is 2.57 bits per heavy atom. The molecule has 3 rings (SSSR count). The molecule has 2 N–H and O–H groups in total. The zero-order chi connectivity index (χ0) is 14.1. The molecule has 2 amide bonds. The van der Waals surface area contributed by atoms with E-state index in [1.165, 1.54) is 12.8 Å². The summed E-state index contributed by atoms with van der Waals surface area (Å²) in [6.07, 6.45) is 5.00. The summed E-state index contributed by atoms with van der Waals surface area (Å²) in [5, 5.41) is 6.76. The number of thioether (sulfide) groups is 1. The van der Waals surface area contributed by atoms with E-state index in [1.807, 2.05) is 6.92 Å². The summed E-state index contributed by atoms with van der Waals surface area (Å²) >= 11 is 1.67. The molecule has 0 radical (unpaired) electrons. The fourth-order valence-corrected chi connectivity index (χ4v) is 4.76. The number of fused-ring (bicyclic) bond motifs is 2. The van der Waals surface area contributed by atoms with Gasteiger partial charge in [0.25, 0.3) is 0 Å². The molecule has 0 spiro atoms. The van der Waals surface area contributed by atoms with E-state index >= 15 is 0 Å². The van der Waals surface area contributed by atoms with Crippen molar-refractivity contribution in [1.29, 1.82) is 0 Å². The van der Waals surface area contributed by atoms with Crippen molar-refractivity contribution in [3.63, 3.8) is 0 Å². The number of hydrogen-bond donors (Lipinski definition) is 2. The predicted octanol–water partition coefficient (Wildman–Crippen LogP) is 1.12. The lowest BCUT2D eigenvalue weighted by Crippen LogP contribution is -2.53. The van der Waals surface area contributed by atoms with Crippen molar-refractivity contribution in [3.8, 4) is 0 Å². The number of halogens is 1. The maximum atomic E-state index is 12.4. The van der Waals surface area contributed by atoms with Crippen LogP contribution in [0, 0.1) is 0 Å². The van der Waals surface area contributed by atoms with Gasteiger partial charge in [-0.25, -0.2) is 0 Å². The van der Waals surface area contributed by atoms with E-state index in [9.17, 15) is 9.59 Å². The molecule has 0 aromatic carbocycles. The second-order valence-electron chi connectivity index (χ2n) is 6.05. The highest BCUT2D eigenvalue weighted by atomic mass is 35.5. The fraction of sp³-hybridized carbons (Fsp3) is 0.857. The minimum atomic E-state index is -0.264. The van der Waals surface area contributed by atoms with Crippen molar-refractivity contribution in [1.82, 2.24) is 15.5 Å². The number of nitrogens with one attached hydrogen (secondary N) is 2. The van der Waals surface area contributed by atoms with Gasteiger partial charge in [0, 0.05) is 30.3 Å². The van der Waals surface area contributed by atoms with E-state index in [0.717, 1.165) is 18.6 Å². The van der Waals surface area contributed by atoms with Gasteiger partial charge in [0.1, 0.15) is 6.04 Å². The van der Waals surface area contributed by atoms with Crippen LogP contribution in [0.1, 0.15) is 39.0 Å². The molecule has 3 saturated heterocycles. The first-order valence-electron chi connectivity index (χ1n) is 7.61. The topological polar surface area (TPSA) is 61.4 Å². The number of carbonyl (C=O) groups excluding carboxylic acids is 2. The zero-order valence-electron chi connectivity index (χ0n) is 12.3. The maximum Gasteiger partial charge on any atom is 0.243 e. The summed E-state index contributed by atoms with van der Waals surface area (Å²) in [6.45, 7) is 1.85. The van der Waals surface area contributed by atoms with Crippen LogP contribution in [0.3, 0.4) is 0 Å². The second-order valence-corrected chi connectivity index (χ2v) is 7.05. The maximum absolute atomic E-state index is 12.4. The molecule has 3 fully saturated rings. The zero-order valence-corrected chi connectivity index (χ0v) is 14.0. The van der Waals surface area contributed by atoms with Gasteiger partial charge in [-0.1, -0.05) is 6.92 Å². The molecule has 0 aromatic heterocycles. The average molecular weight is 334 g/mol. The van der Waals surface area contributed by atoms with Crippen LogP contribution in [0.15, 0.2) is 0 Å². The monoisotopic (exact) mass is 333 g/mol. The van der Waals surface area contributed by atoms with Crippen LogP contribution in [-0.2, 0) is 9.59 Å². The Morgan fingerprint density at radius 1 is 1.29 bits per heavy atom. The molecule has 0 saturated carbocycles. The fourth-order valence-electron chi connectivity index (χ4n) is 3.58. The van der Waals surface area contributed by atoms with Gasteiger partial charge in [0.2, 0.25) is 11.8 Å². The Bertz CT molecular complexity index is 398. The largest absolute Gasteiger partial charge is 0.351 e. The molecule has 3 atom stereocenters. The number of rotatable bonds is 3. The van der Waals surface area contributed by atoms with Gasteiger partial charge in [-0.3, -0.25) is 9.59 Å². The first-order valence-corrected chi connectivity index (χ1v) is 8.76. The Kier molecular flexibility index (Phi) is 5.80. The summed E-state index contributed by atoms with van der Waals surface area (Å²) in [5.41, 5.74) is 0. The molecular weight excluding hydrogens is 310 g/mol. The highest BCUT2D eigenvalue weighted by Gasteiger charge is 2.38. The Balaban J connectivity index is 0.00000161. The Morgan fingerprint density at radius 2 is 1.95 bits per heavy atom. The summed E-state index contributed by atoms with van der Waals surface area (Å²) in [6, 6.07) is 1.17. The Hall–Kier alpha value is -0.460. The van der Waals surface area contributed by atoms with E-state index in [2.05, 4.69) is 10.6 Å². The number of hydrogen-bond acceptors (Lipinski definition) is 4. The van der Waals surface area contributed by atoms with Gasteiger partial charge in [0.05, 0.1) is 5.88 Å². The molecule has 120 valence electrons. The van der Waals surface area contributed by atoms with Crippen molar-refractivity contribution < 1.29 is 9.59 Å². The third kappa shape index (κ3) is 3.66. The molecule has 3 heterocycles. The first kappa shape index (κ1) is 16.9. The van der Waals surface area contributed by atoms with Crippen LogP contribution < -0.4 is 10.6 Å². The van der Waals surface area contributed by atoms with E-state index < -0.39 is 0 Å². The molecule has 3 aliphatic heterocycles. The van der Waals surface area contributed by atoms with Crippen LogP contribution in [0.5, 0.6) is 0 Å². The number of carbonyl (C=O) groups is 2. The second kappa shape index (κ2) is 7.20. The van der Waals surface area contributed by atoms with Crippen molar-refractivity contribution in [2.75, 3.05) is 11.6 Å². The SMILES string of the molecule is CCC(=O)N1CSCC1C(=O)NC1CC2CCC(C1)N2.Cl. The van der Waals surface area contributed by atoms with Gasteiger partial charge in [-0.15, -0.1) is 24.2 Å². The van der Waals surface area contributed by atoms with Gasteiger partial charge in [-0.05, 0) is 25.7 Å². The normalized spacial score (nSPS) is 34.4. The smallest absolute Gasteiger partial charge is 0.243 e. The third-order valence-corrected chi connectivity index (χ3v) is 5.64. The molecule has 5 nitrogen and oxygen atoms in total. The molecule has 0 aromatic rings. The van der Waals surface area contributed by atoms with Crippen molar-refractivity contribution in [3.05, 3.63) is 0 Å². The van der Waals surface area contributed by atoms with E-state index in [0.29, 0.717) is 24.4 Å². The molecule has 3 aliphatic rings. The lowest BCUT2D eigenvalue weighted by Gasteiger charge is -2.31. The third-order valence-electron chi connectivity index (χ3n) is 4.63. The molecule has 0 aliphatic carbocycles. The van der Waals surface area contributed by atoms with Crippen LogP contribution in [-0.4, -0.2) is 52.5 Å². The number of nitrogens with zero attached hydrogens (tertiary/aromatic N) is 1. The quantitative estimate of drug-likeness (QED) is 0.812. The minimum Gasteiger partial charge on any atom is -0.351 e. The minimum absolute atomic E-state index is 0. The summed E-state index contributed by atoms with van der Waals surface area (Å²) in [4.78, 5) is 26.0. The van der Waals surface area contributed by atoms with Crippen LogP contribution in [0.2, 0.25) is 0 Å². The van der Waals surface area contributed by atoms with Crippen molar-refractivity contribution in [2.24, 2.45) is 0 Å². The molecular formula is C14H24ClN3O2S. The van der Waals surface area contributed by atoms with Gasteiger partial charge < -0.3 is 15.5 Å². The number of piperidine rings is 1. The van der Waals surface area contributed by atoms with Gasteiger partial charge in [0.15, 0.2) is 0 Å². The van der Waals surface area contributed by atoms with Gasteiger partial charge in [-0.2, -0.15) is 0 Å². The van der Waals surface area contributed by atoms with Crippen LogP contribution >= 0.6 is 24.2 Å². The van der Waals surface area contributed by atoms with Crippen LogP contribution in [0.25, 0.3) is 0 Å². The lowest BCUT2D eigenvalue weighted by molar-refractivity contribution is -0.138. The molecule has 2 bridgehead atoms. The first-order chi connectivity index (χ1) is 9.67. The molecule has 7 heteroatoms. The standard InChI is InChI=1S/C14H23N3O2S.ClH/c1-2-13(18)17-8-20-7-12(17)14(19)16-11-5-9-3-4-10(6-11)15-9;/h9-12,15H,2-8H2,1H3,(H,16,19);1H. The van der Waals surface area contributed by atoms with Crippen molar-refractivity contribution in [2.45, 2.75) is 63.2 Å². The van der Waals surface area contributed by atoms with E-state index in [1.54, 1.807) is 16.7 Å². The number of amides is 2. The van der Waals surface area contributed by atoms with E-state index in [-0.39, 0.29) is 36.3 Å². The lowest BCUT2D eigenvalue weighted by atomic mass is 9.99. The molecule has 3 unspecified atom stereocenters.